The van der Waals surface area contributed by atoms with E-state index in [-0.39, 0.29) is 5.78 Å². The zero-order valence-electron chi connectivity index (χ0n) is 11.8. The molecule has 110 valence electrons. The number of benzene rings is 1. The first-order chi connectivity index (χ1) is 9.56. The number of carbonyl (C=O) groups excluding carboxylic acids is 1. The fraction of sp³-hybridized carbons (Fsp3) is 0.562. The molecule has 0 bridgehead atoms. The Balaban J connectivity index is 1.89. The maximum absolute atomic E-state index is 12.2. The highest BCUT2D eigenvalue weighted by atomic mass is 35.5. The molecule has 1 N–H and O–H groups in total. The average Bonchev–Trinajstić information content (AvgIpc) is 2.43. The number of nitrogens with one attached hydrogen (secondary N) is 1. The molecule has 4 heteroatoms. The molecular weight excluding hydrogens is 293 g/mol. The van der Waals surface area contributed by atoms with Gasteiger partial charge in [0.05, 0.1) is 0 Å². The van der Waals surface area contributed by atoms with Gasteiger partial charge in [-0.3, -0.25) is 4.79 Å². The van der Waals surface area contributed by atoms with Crippen molar-refractivity contribution in [3.8, 4) is 0 Å². The van der Waals surface area contributed by atoms with Gasteiger partial charge in [-0.2, -0.15) is 0 Å². The smallest absolute Gasteiger partial charge is 0.137 e. The van der Waals surface area contributed by atoms with Gasteiger partial charge in [-0.25, -0.2) is 0 Å². The Labute approximate surface area is 130 Å². The Hall–Kier alpha value is -0.570. The average molecular weight is 314 g/mol. The first kappa shape index (κ1) is 15.8. The highest BCUT2D eigenvalue weighted by Crippen LogP contribution is 2.25. The van der Waals surface area contributed by atoms with Crippen LogP contribution in [0.25, 0.3) is 0 Å². The van der Waals surface area contributed by atoms with E-state index >= 15 is 0 Å². The summed E-state index contributed by atoms with van der Waals surface area (Å²) in [6.45, 7) is 4.32. The van der Waals surface area contributed by atoms with Gasteiger partial charge in [-0.05, 0) is 61.5 Å². The van der Waals surface area contributed by atoms with E-state index in [2.05, 4.69) is 12.2 Å². The molecule has 20 heavy (non-hydrogen) atoms. The van der Waals surface area contributed by atoms with Crippen molar-refractivity contribution in [1.29, 1.82) is 0 Å². The molecule has 2 unspecified atom stereocenters. The van der Waals surface area contributed by atoms with Crippen molar-refractivity contribution in [3.63, 3.8) is 0 Å². The molecule has 2 rings (SSSR count). The van der Waals surface area contributed by atoms with Gasteiger partial charge >= 0.3 is 0 Å². The standard InChI is InChI=1S/C16H21Cl2NO/c1-11(12-3-2-6-19-10-12)7-15(20)9-13-8-14(17)4-5-16(13)18/h4-5,8,11-12,19H,2-3,6-7,9-10H2,1H3. The molecule has 0 radical (unpaired) electrons. The molecule has 1 aliphatic rings. The van der Waals surface area contributed by atoms with Gasteiger partial charge in [0.25, 0.3) is 0 Å². The first-order valence-corrected chi connectivity index (χ1v) is 7.98. The number of ketones is 1. The van der Waals surface area contributed by atoms with Gasteiger partial charge in [0, 0.05) is 22.9 Å². The fourth-order valence-electron chi connectivity index (χ4n) is 2.85. The molecule has 0 aromatic heterocycles. The largest absolute Gasteiger partial charge is 0.316 e. The number of piperidine rings is 1. The number of Topliss-reactive ketones (excluding diaryl/α,β-unsaturated/α-hetero) is 1. The number of hydrogen-bond acceptors (Lipinski definition) is 2. The van der Waals surface area contributed by atoms with Gasteiger partial charge in [0.1, 0.15) is 5.78 Å². The summed E-state index contributed by atoms with van der Waals surface area (Å²) in [4.78, 5) is 12.2. The maximum Gasteiger partial charge on any atom is 0.137 e. The summed E-state index contributed by atoms with van der Waals surface area (Å²) in [7, 11) is 0. The zero-order valence-corrected chi connectivity index (χ0v) is 13.3. The zero-order chi connectivity index (χ0) is 14.5. The minimum absolute atomic E-state index is 0.243. The van der Waals surface area contributed by atoms with Crippen LogP contribution in [0.5, 0.6) is 0 Å². The summed E-state index contributed by atoms with van der Waals surface area (Å²) in [6.07, 6.45) is 3.43. The molecule has 0 spiro atoms. The van der Waals surface area contributed by atoms with Crippen LogP contribution in [0.2, 0.25) is 10.0 Å². The van der Waals surface area contributed by atoms with Crippen LogP contribution >= 0.6 is 23.2 Å². The minimum Gasteiger partial charge on any atom is -0.316 e. The summed E-state index contributed by atoms with van der Waals surface area (Å²) in [6, 6.07) is 5.28. The summed E-state index contributed by atoms with van der Waals surface area (Å²) >= 11 is 12.1. The van der Waals surface area contributed by atoms with Crippen molar-refractivity contribution in [1.82, 2.24) is 5.32 Å². The van der Waals surface area contributed by atoms with Crippen LogP contribution in [0, 0.1) is 11.8 Å². The number of rotatable bonds is 5. The SMILES string of the molecule is CC(CC(=O)Cc1cc(Cl)ccc1Cl)C1CCCNC1. The quantitative estimate of drug-likeness (QED) is 0.885. The lowest BCUT2D eigenvalue weighted by atomic mass is 9.83. The number of halogens is 2. The van der Waals surface area contributed by atoms with Crippen molar-refractivity contribution in [2.45, 2.75) is 32.6 Å². The normalized spacial score (nSPS) is 20.6. The Morgan fingerprint density at radius 1 is 1.45 bits per heavy atom. The van der Waals surface area contributed by atoms with Gasteiger partial charge in [-0.15, -0.1) is 0 Å². The Bertz CT molecular complexity index is 470. The molecule has 1 aromatic carbocycles. The number of carbonyl (C=O) groups is 1. The van der Waals surface area contributed by atoms with E-state index in [1.165, 1.54) is 12.8 Å². The predicted octanol–water partition coefficient (Wildman–Crippen LogP) is 4.13. The summed E-state index contributed by atoms with van der Waals surface area (Å²) < 4.78 is 0. The second-order valence-corrected chi connectivity index (χ2v) is 6.58. The lowest BCUT2D eigenvalue weighted by molar-refractivity contribution is -0.119. The fourth-order valence-corrected chi connectivity index (χ4v) is 3.23. The van der Waals surface area contributed by atoms with Crippen molar-refractivity contribution < 1.29 is 4.79 Å². The topological polar surface area (TPSA) is 29.1 Å². The Kier molecular flexibility index (Phi) is 5.88. The van der Waals surface area contributed by atoms with Crippen LogP contribution in [0.4, 0.5) is 0 Å². The van der Waals surface area contributed by atoms with Gasteiger partial charge in [0.15, 0.2) is 0 Å². The van der Waals surface area contributed by atoms with Crippen LogP contribution in [0.15, 0.2) is 18.2 Å². The van der Waals surface area contributed by atoms with Crippen LogP contribution < -0.4 is 5.32 Å². The lowest BCUT2D eigenvalue weighted by Crippen LogP contribution is -2.34. The second kappa shape index (κ2) is 7.44. The summed E-state index contributed by atoms with van der Waals surface area (Å²) in [5.74, 6) is 1.28. The monoisotopic (exact) mass is 313 g/mol. The van der Waals surface area contributed by atoms with E-state index in [9.17, 15) is 4.79 Å². The first-order valence-electron chi connectivity index (χ1n) is 7.22. The lowest BCUT2D eigenvalue weighted by Gasteiger charge is -2.28. The molecule has 1 aromatic rings. The highest BCUT2D eigenvalue weighted by Gasteiger charge is 2.22. The van der Waals surface area contributed by atoms with Crippen LogP contribution in [0.3, 0.4) is 0 Å². The molecule has 1 aliphatic heterocycles. The third kappa shape index (κ3) is 4.47. The van der Waals surface area contributed by atoms with E-state index in [1.807, 2.05) is 0 Å². The van der Waals surface area contributed by atoms with E-state index in [0.29, 0.717) is 34.7 Å². The third-order valence-electron chi connectivity index (χ3n) is 4.08. The molecule has 1 saturated heterocycles. The van der Waals surface area contributed by atoms with Crippen LogP contribution in [-0.4, -0.2) is 18.9 Å². The van der Waals surface area contributed by atoms with Gasteiger partial charge < -0.3 is 5.32 Å². The van der Waals surface area contributed by atoms with E-state index < -0.39 is 0 Å². The van der Waals surface area contributed by atoms with Gasteiger partial charge in [-0.1, -0.05) is 30.1 Å². The molecule has 1 fully saturated rings. The van der Waals surface area contributed by atoms with Gasteiger partial charge in [0.2, 0.25) is 0 Å². The van der Waals surface area contributed by atoms with E-state index in [1.54, 1.807) is 18.2 Å². The molecular formula is C16H21Cl2NO. The molecule has 0 saturated carbocycles. The van der Waals surface area contributed by atoms with Crippen molar-refractivity contribution in [3.05, 3.63) is 33.8 Å². The minimum atomic E-state index is 0.243. The highest BCUT2D eigenvalue weighted by molar-refractivity contribution is 6.33. The van der Waals surface area contributed by atoms with Crippen molar-refractivity contribution >= 4 is 29.0 Å². The molecule has 0 amide bonds. The van der Waals surface area contributed by atoms with Crippen molar-refractivity contribution in [2.75, 3.05) is 13.1 Å². The molecule has 0 aliphatic carbocycles. The van der Waals surface area contributed by atoms with Crippen molar-refractivity contribution in [2.24, 2.45) is 11.8 Å². The summed E-state index contributed by atoms with van der Waals surface area (Å²) in [5.41, 5.74) is 0.832. The summed E-state index contributed by atoms with van der Waals surface area (Å²) in [5, 5.41) is 4.65. The predicted molar refractivity (Wildman–Crippen MR) is 84.5 cm³/mol. The van der Waals surface area contributed by atoms with E-state index in [4.69, 9.17) is 23.2 Å². The maximum atomic E-state index is 12.2. The molecule has 2 nitrogen and oxygen atoms in total. The second-order valence-electron chi connectivity index (χ2n) is 5.74. The van der Waals surface area contributed by atoms with E-state index in [0.717, 1.165) is 18.7 Å². The Morgan fingerprint density at radius 2 is 2.25 bits per heavy atom. The molecule has 1 heterocycles. The van der Waals surface area contributed by atoms with Crippen LogP contribution in [-0.2, 0) is 11.2 Å². The number of hydrogen-bond donors (Lipinski definition) is 1. The van der Waals surface area contributed by atoms with Crippen LogP contribution in [0.1, 0.15) is 31.7 Å². The Morgan fingerprint density at radius 3 is 2.95 bits per heavy atom. The molecule has 2 atom stereocenters. The third-order valence-corrected chi connectivity index (χ3v) is 4.69.